The first kappa shape index (κ1) is 17.2. The molecular formula is C16H25N3O2. The van der Waals surface area contributed by atoms with Crippen LogP contribution in [-0.4, -0.2) is 18.4 Å². The van der Waals surface area contributed by atoms with E-state index in [9.17, 15) is 9.59 Å². The molecule has 0 aliphatic rings. The summed E-state index contributed by atoms with van der Waals surface area (Å²) in [5.74, 6) is -0.265. The van der Waals surface area contributed by atoms with E-state index in [0.717, 1.165) is 17.7 Å². The standard InChI is InChI=1S/C16H25N3O2/c1-4-11(2)16(21)19-14-7-5-6-13(8-14)10-18-15(20)12(3)9-17/h5-8,11-12H,4,9-10,17H2,1-3H3,(H,18,20)(H,19,21). The molecule has 0 aromatic heterocycles. The third kappa shape index (κ3) is 5.55. The number of rotatable bonds is 7. The number of amides is 2. The highest BCUT2D eigenvalue weighted by Gasteiger charge is 2.12. The smallest absolute Gasteiger partial charge is 0.227 e. The first-order chi connectivity index (χ1) is 9.97. The molecule has 0 aliphatic carbocycles. The van der Waals surface area contributed by atoms with Crippen molar-refractivity contribution in [3.8, 4) is 0 Å². The van der Waals surface area contributed by atoms with Crippen LogP contribution in [0.25, 0.3) is 0 Å². The molecule has 5 heteroatoms. The predicted octanol–water partition coefficient (Wildman–Crippen LogP) is 1.88. The Labute approximate surface area is 126 Å². The van der Waals surface area contributed by atoms with Gasteiger partial charge in [-0.25, -0.2) is 0 Å². The van der Waals surface area contributed by atoms with Crippen molar-refractivity contribution in [3.05, 3.63) is 29.8 Å². The van der Waals surface area contributed by atoms with Crippen LogP contribution >= 0.6 is 0 Å². The Morgan fingerprint density at radius 1 is 1.19 bits per heavy atom. The van der Waals surface area contributed by atoms with Crippen LogP contribution < -0.4 is 16.4 Å². The van der Waals surface area contributed by atoms with Crippen molar-refractivity contribution >= 4 is 17.5 Å². The molecule has 0 radical (unpaired) electrons. The molecule has 0 bridgehead atoms. The summed E-state index contributed by atoms with van der Waals surface area (Å²) in [5, 5.41) is 5.72. The minimum atomic E-state index is -0.196. The molecule has 2 atom stereocenters. The highest BCUT2D eigenvalue weighted by molar-refractivity contribution is 5.92. The molecule has 116 valence electrons. The molecule has 1 aromatic rings. The van der Waals surface area contributed by atoms with E-state index < -0.39 is 0 Å². The SMILES string of the molecule is CCC(C)C(=O)Nc1cccc(CNC(=O)C(C)CN)c1. The summed E-state index contributed by atoms with van der Waals surface area (Å²) in [6.45, 7) is 6.42. The van der Waals surface area contributed by atoms with Gasteiger partial charge in [0.1, 0.15) is 0 Å². The van der Waals surface area contributed by atoms with Crippen LogP contribution in [0, 0.1) is 11.8 Å². The quantitative estimate of drug-likeness (QED) is 0.717. The third-order valence-corrected chi connectivity index (χ3v) is 3.52. The number of anilines is 1. The summed E-state index contributed by atoms with van der Waals surface area (Å²) in [6, 6.07) is 7.48. The fraction of sp³-hybridized carbons (Fsp3) is 0.500. The van der Waals surface area contributed by atoms with Crippen molar-refractivity contribution in [1.29, 1.82) is 0 Å². The maximum Gasteiger partial charge on any atom is 0.227 e. The maximum absolute atomic E-state index is 11.9. The average molecular weight is 291 g/mol. The molecule has 2 amide bonds. The summed E-state index contributed by atoms with van der Waals surface area (Å²) in [5.41, 5.74) is 7.14. The number of carbonyl (C=O) groups is 2. The van der Waals surface area contributed by atoms with E-state index in [-0.39, 0.29) is 23.7 Å². The van der Waals surface area contributed by atoms with Crippen LogP contribution in [0.15, 0.2) is 24.3 Å². The van der Waals surface area contributed by atoms with Gasteiger partial charge in [0.2, 0.25) is 11.8 Å². The first-order valence-corrected chi connectivity index (χ1v) is 7.35. The Morgan fingerprint density at radius 3 is 2.52 bits per heavy atom. The average Bonchev–Trinajstić information content (AvgIpc) is 2.51. The van der Waals surface area contributed by atoms with Crippen LogP contribution in [0.3, 0.4) is 0 Å². The molecule has 0 aliphatic heterocycles. The van der Waals surface area contributed by atoms with Crippen LogP contribution in [0.5, 0.6) is 0 Å². The van der Waals surface area contributed by atoms with Gasteiger partial charge in [-0.2, -0.15) is 0 Å². The first-order valence-electron chi connectivity index (χ1n) is 7.35. The molecule has 2 unspecified atom stereocenters. The zero-order valence-corrected chi connectivity index (χ0v) is 13.0. The Kier molecular flexibility index (Phi) is 6.88. The number of benzene rings is 1. The van der Waals surface area contributed by atoms with E-state index in [0.29, 0.717) is 13.1 Å². The number of nitrogens with one attached hydrogen (secondary N) is 2. The molecule has 1 aromatic carbocycles. The fourth-order valence-electron chi connectivity index (χ4n) is 1.68. The van der Waals surface area contributed by atoms with Crippen molar-refractivity contribution in [3.63, 3.8) is 0 Å². The zero-order valence-electron chi connectivity index (χ0n) is 13.0. The Balaban J connectivity index is 2.60. The van der Waals surface area contributed by atoms with E-state index in [2.05, 4.69) is 10.6 Å². The van der Waals surface area contributed by atoms with Crippen LogP contribution in [-0.2, 0) is 16.1 Å². The number of hydrogen-bond acceptors (Lipinski definition) is 3. The van der Waals surface area contributed by atoms with Crippen molar-refractivity contribution in [2.75, 3.05) is 11.9 Å². The van der Waals surface area contributed by atoms with Crippen LogP contribution in [0.2, 0.25) is 0 Å². The highest BCUT2D eigenvalue weighted by atomic mass is 16.2. The molecule has 4 N–H and O–H groups in total. The minimum absolute atomic E-state index is 0.00967. The summed E-state index contributed by atoms with van der Waals surface area (Å²) in [4.78, 5) is 23.5. The number of carbonyl (C=O) groups excluding carboxylic acids is 2. The molecule has 5 nitrogen and oxygen atoms in total. The van der Waals surface area contributed by atoms with E-state index in [1.165, 1.54) is 0 Å². The lowest BCUT2D eigenvalue weighted by atomic mass is 10.1. The zero-order chi connectivity index (χ0) is 15.8. The lowest BCUT2D eigenvalue weighted by Gasteiger charge is -2.12. The normalized spacial score (nSPS) is 13.3. The summed E-state index contributed by atoms with van der Waals surface area (Å²) < 4.78 is 0. The van der Waals surface area contributed by atoms with Crippen molar-refractivity contribution < 1.29 is 9.59 Å². The van der Waals surface area contributed by atoms with Gasteiger partial charge < -0.3 is 16.4 Å². The molecular weight excluding hydrogens is 266 g/mol. The molecule has 0 saturated carbocycles. The molecule has 1 rings (SSSR count). The number of nitrogens with two attached hydrogens (primary N) is 1. The van der Waals surface area contributed by atoms with Gasteiger partial charge in [-0.1, -0.05) is 32.9 Å². The van der Waals surface area contributed by atoms with Gasteiger partial charge in [-0.3, -0.25) is 9.59 Å². The molecule has 0 heterocycles. The van der Waals surface area contributed by atoms with E-state index in [1.54, 1.807) is 6.92 Å². The van der Waals surface area contributed by atoms with Crippen molar-refractivity contribution in [2.24, 2.45) is 17.6 Å². The topological polar surface area (TPSA) is 84.2 Å². The Bertz CT molecular complexity index is 488. The van der Waals surface area contributed by atoms with Gasteiger partial charge in [0.15, 0.2) is 0 Å². The lowest BCUT2D eigenvalue weighted by Crippen LogP contribution is -2.32. The summed E-state index contributed by atoms with van der Waals surface area (Å²) in [7, 11) is 0. The highest BCUT2D eigenvalue weighted by Crippen LogP contribution is 2.13. The van der Waals surface area contributed by atoms with Crippen molar-refractivity contribution in [2.45, 2.75) is 33.7 Å². The second-order valence-corrected chi connectivity index (χ2v) is 5.35. The summed E-state index contributed by atoms with van der Waals surface area (Å²) >= 11 is 0. The molecule has 0 saturated heterocycles. The van der Waals surface area contributed by atoms with Gasteiger partial charge >= 0.3 is 0 Å². The largest absolute Gasteiger partial charge is 0.352 e. The second kappa shape index (κ2) is 8.42. The molecule has 0 spiro atoms. The van der Waals surface area contributed by atoms with Crippen LogP contribution in [0.1, 0.15) is 32.8 Å². The number of hydrogen-bond donors (Lipinski definition) is 3. The van der Waals surface area contributed by atoms with Crippen molar-refractivity contribution in [1.82, 2.24) is 5.32 Å². The van der Waals surface area contributed by atoms with Crippen LogP contribution in [0.4, 0.5) is 5.69 Å². The fourth-order valence-corrected chi connectivity index (χ4v) is 1.68. The summed E-state index contributed by atoms with van der Waals surface area (Å²) in [6.07, 6.45) is 0.804. The third-order valence-electron chi connectivity index (χ3n) is 3.52. The van der Waals surface area contributed by atoms with Gasteiger partial charge in [-0.15, -0.1) is 0 Å². The molecule has 0 fully saturated rings. The van der Waals surface area contributed by atoms with Gasteiger partial charge in [0.25, 0.3) is 0 Å². The Morgan fingerprint density at radius 2 is 1.90 bits per heavy atom. The van der Waals surface area contributed by atoms with Gasteiger partial charge in [0.05, 0.1) is 0 Å². The van der Waals surface area contributed by atoms with Gasteiger partial charge in [0, 0.05) is 30.6 Å². The van der Waals surface area contributed by atoms with E-state index in [4.69, 9.17) is 5.73 Å². The second-order valence-electron chi connectivity index (χ2n) is 5.35. The lowest BCUT2D eigenvalue weighted by molar-refractivity contribution is -0.124. The monoisotopic (exact) mass is 291 g/mol. The maximum atomic E-state index is 11.9. The Hall–Kier alpha value is -1.88. The minimum Gasteiger partial charge on any atom is -0.352 e. The van der Waals surface area contributed by atoms with E-state index >= 15 is 0 Å². The predicted molar refractivity (Wildman–Crippen MR) is 84.6 cm³/mol. The van der Waals surface area contributed by atoms with Gasteiger partial charge in [-0.05, 0) is 24.1 Å². The van der Waals surface area contributed by atoms with E-state index in [1.807, 2.05) is 38.1 Å². The molecule has 21 heavy (non-hydrogen) atoms.